The quantitative estimate of drug-likeness (QED) is 0.104. The Kier molecular flexibility index (Phi) is 9.44. The van der Waals surface area contributed by atoms with Crippen molar-refractivity contribution in [3.05, 3.63) is 108 Å². The van der Waals surface area contributed by atoms with Crippen LogP contribution in [0.15, 0.2) is 86.0 Å². The van der Waals surface area contributed by atoms with Crippen LogP contribution in [0.2, 0.25) is 0 Å². The lowest BCUT2D eigenvalue weighted by Crippen LogP contribution is -2.74. The summed E-state index contributed by atoms with van der Waals surface area (Å²) in [7, 11) is 2.10. The van der Waals surface area contributed by atoms with Crippen LogP contribution in [0.5, 0.6) is 0 Å². The third kappa shape index (κ3) is 7.47. The van der Waals surface area contributed by atoms with Gasteiger partial charge in [-0.1, -0.05) is 81.1 Å². The Labute approximate surface area is 259 Å². The molecule has 4 aromatic rings. The molecule has 3 fully saturated rings. The first-order chi connectivity index (χ1) is 21.0. The number of unbranched alkanes of at least 4 members (excludes halogenated alkanes) is 5. The number of rotatable bonds is 15. The molecular weight excluding hydrogens is 528 g/mol. The molecule has 2 bridgehead atoms. The average molecular weight is 583 g/mol. The molecular formula is C37H54N6+4. The van der Waals surface area contributed by atoms with Crippen molar-refractivity contribution in [2.45, 2.75) is 78.2 Å². The largest absolute Gasteiger partial charge is 0.306 e. The van der Waals surface area contributed by atoms with Crippen molar-refractivity contribution in [1.82, 2.24) is 9.13 Å². The van der Waals surface area contributed by atoms with Crippen LogP contribution in [0.1, 0.15) is 67.7 Å². The number of hydrogen-bond donors (Lipinski definition) is 0. The molecule has 7 rings (SSSR count). The van der Waals surface area contributed by atoms with Gasteiger partial charge in [-0.25, -0.2) is 18.3 Å². The Bertz CT molecular complexity index is 1440. The van der Waals surface area contributed by atoms with E-state index in [1.165, 1.54) is 117 Å². The van der Waals surface area contributed by atoms with E-state index in [0.29, 0.717) is 0 Å². The summed E-state index contributed by atoms with van der Waals surface area (Å²) < 4.78 is 11.7. The number of aryl methyl sites for hydroxylation is 2. The molecule has 0 N–H and O–H groups in total. The van der Waals surface area contributed by atoms with Crippen LogP contribution in [-0.4, -0.2) is 57.4 Å². The lowest BCUT2D eigenvalue weighted by Gasteiger charge is -2.55. The molecule has 0 amide bonds. The minimum Gasteiger partial charge on any atom is -0.306 e. The predicted octanol–water partition coefficient (Wildman–Crippen LogP) is 5.22. The highest BCUT2D eigenvalue weighted by atomic mass is 15.5. The average Bonchev–Trinajstić information content (AvgIpc) is 3.66. The maximum Gasteiger partial charge on any atom is 0.244 e. The second-order valence-corrected chi connectivity index (χ2v) is 13.7. The Morgan fingerprint density at radius 3 is 1.81 bits per heavy atom. The van der Waals surface area contributed by atoms with E-state index in [0.717, 1.165) is 19.6 Å². The van der Waals surface area contributed by atoms with Gasteiger partial charge in [0.25, 0.3) is 0 Å². The number of piperazine rings is 3. The van der Waals surface area contributed by atoms with E-state index in [-0.39, 0.29) is 0 Å². The van der Waals surface area contributed by atoms with Gasteiger partial charge in [0.15, 0.2) is 0 Å². The molecule has 0 radical (unpaired) electrons. The van der Waals surface area contributed by atoms with Crippen molar-refractivity contribution in [1.29, 1.82) is 0 Å². The maximum absolute atomic E-state index is 2.40. The SMILES string of the molecule is CCCCCCCC[n+]1ccn(Cc2ccccc2C[N+]23CC[N+](Cc4ccccc4C[n+]4ccn(C)c4)(CC2)CC3)c1. The summed E-state index contributed by atoms with van der Waals surface area (Å²) in [6.07, 6.45) is 21.4. The van der Waals surface area contributed by atoms with Crippen molar-refractivity contribution in [2.75, 3.05) is 39.3 Å². The fraction of sp³-hybridized carbons (Fsp3) is 0.514. The topological polar surface area (TPSA) is 17.6 Å². The van der Waals surface area contributed by atoms with Gasteiger partial charge in [-0.05, 0) is 12.8 Å². The molecule has 0 spiro atoms. The molecule has 0 unspecified atom stereocenters. The number of fused-ring (bicyclic) bond motifs is 3. The minimum atomic E-state index is 0.953. The van der Waals surface area contributed by atoms with Crippen LogP contribution in [-0.2, 0) is 39.8 Å². The highest BCUT2D eigenvalue weighted by Crippen LogP contribution is 2.32. The van der Waals surface area contributed by atoms with E-state index < -0.39 is 0 Å². The minimum absolute atomic E-state index is 0.953. The highest BCUT2D eigenvalue weighted by Gasteiger charge is 2.49. The first kappa shape index (κ1) is 29.8. The lowest BCUT2D eigenvalue weighted by atomic mass is 9.99. The number of quaternary nitrogens is 2. The molecule has 3 saturated heterocycles. The summed E-state index contributed by atoms with van der Waals surface area (Å²) >= 11 is 0. The van der Waals surface area contributed by atoms with Crippen molar-refractivity contribution >= 4 is 0 Å². The molecule has 2 aromatic heterocycles. The van der Waals surface area contributed by atoms with Crippen molar-refractivity contribution in [3.8, 4) is 0 Å². The van der Waals surface area contributed by atoms with Gasteiger partial charge in [-0.15, -0.1) is 0 Å². The molecule has 43 heavy (non-hydrogen) atoms. The standard InChI is InChI=1S/C37H54N6/c1-3-4-5-6-7-12-17-39-20-21-41(33-39)29-35-14-9-11-16-37(35)31-43-25-22-42(23-26-43,24-27-43)30-36-15-10-8-13-34(36)28-40-19-18-38(2)32-40/h8-11,13-16,18-21,32-33H,3-7,12,17,22-31H2,1-2H3/q+4. The van der Waals surface area contributed by atoms with Crippen molar-refractivity contribution < 1.29 is 18.1 Å². The van der Waals surface area contributed by atoms with Gasteiger partial charge in [0.05, 0.1) is 13.6 Å². The van der Waals surface area contributed by atoms with E-state index in [4.69, 9.17) is 0 Å². The molecule has 0 saturated carbocycles. The van der Waals surface area contributed by atoms with Gasteiger partial charge >= 0.3 is 0 Å². The van der Waals surface area contributed by atoms with Gasteiger partial charge in [-0.2, -0.15) is 0 Å². The number of aromatic nitrogens is 4. The van der Waals surface area contributed by atoms with Crippen LogP contribution in [0.25, 0.3) is 0 Å². The zero-order valence-electron chi connectivity index (χ0n) is 26.8. The third-order valence-electron chi connectivity index (χ3n) is 10.4. The third-order valence-corrected chi connectivity index (χ3v) is 10.4. The van der Waals surface area contributed by atoms with Gasteiger partial charge < -0.3 is 8.97 Å². The highest BCUT2D eigenvalue weighted by molar-refractivity contribution is 5.27. The Morgan fingerprint density at radius 2 is 1.19 bits per heavy atom. The van der Waals surface area contributed by atoms with Gasteiger partial charge in [0.2, 0.25) is 12.7 Å². The molecule has 3 aliphatic heterocycles. The molecule has 2 aromatic carbocycles. The molecule has 0 atom stereocenters. The second-order valence-electron chi connectivity index (χ2n) is 13.7. The van der Waals surface area contributed by atoms with Crippen LogP contribution in [0.3, 0.4) is 0 Å². The van der Waals surface area contributed by atoms with E-state index in [1.807, 2.05) is 0 Å². The summed E-state index contributed by atoms with van der Waals surface area (Å²) in [6, 6.07) is 18.4. The van der Waals surface area contributed by atoms with Crippen LogP contribution in [0, 0.1) is 0 Å². The summed E-state index contributed by atoms with van der Waals surface area (Å²) in [6.45, 7) is 15.5. The molecule has 228 valence electrons. The van der Waals surface area contributed by atoms with Gasteiger partial charge in [0.1, 0.15) is 90.2 Å². The number of hydrogen-bond acceptors (Lipinski definition) is 0. The van der Waals surface area contributed by atoms with E-state index in [9.17, 15) is 0 Å². The van der Waals surface area contributed by atoms with E-state index in [1.54, 1.807) is 5.56 Å². The first-order valence-corrected chi connectivity index (χ1v) is 16.9. The molecule has 3 aliphatic rings. The molecule has 0 aliphatic carbocycles. The van der Waals surface area contributed by atoms with Crippen LogP contribution < -0.4 is 9.13 Å². The van der Waals surface area contributed by atoms with Crippen LogP contribution in [0.4, 0.5) is 0 Å². The Balaban J connectivity index is 1.05. The Morgan fingerprint density at radius 1 is 0.628 bits per heavy atom. The molecule has 6 nitrogen and oxygen atoms in total. The maximum atomic E-state index is 2.40. The Hall–Kier alpha value is -3.22. The zero-order valence-corrected chi connectivity index (χ0v) is 26.8. The summed E-state index contributed by atoms with van der Waals surface area (Å²) in [5.41, 5.74) is 6.04. The normalized spacial score (nSPS) is 21.4. The van der Waals surface area contributed by atoms with E-state index in [2.05, 4.69) is 118 Å². The fourth-order valence-corrected chi connectivity index (χ4v) is 7.60. The predicted molar refractivity (Wildman–Crippen MR) is 172 cm³/mol. The van der Waals surface area contributed by atoms with Gasteiger partial charge in [-0.3, -0.25) is 0 Å². The zero-order chi connectivity index (χ0) is 29.5. The van der Waals surface area contributed by atoms with E-state index >= 15 is 0 Å². The smallest absolute Gasteiger partial charge is 0.244 e. The number of benzene rings is 2. The van der Waals surface area contributed by atoms with Crippen molar-refractivity contribution in [2.24, 2.45) is 7.05 Å². The fourth-order valence-electron chi connectivity index (χ4n) is 7.60. The van der Waals surface area contributed by atoms with Gasteiger partial charge in [0, 0.05) is 22.3 Å². The molecule has 5 heterocycles. The summed E-state index contributed by atoms with van der Waals surface area (Å²) in [5, 5.41) is 0. The van der Waals surface area contributed by atoms with Crippen molar-refractivity contribution in [3.63, 3.8) is 0 Å². The first-order valence-electron chi connectivity index (χ1n) is 16.9. The monoisotopic (exact) mass is 582 g/mol. The lowest BCUT2D eigenvalue weighted by molar-refractivity contribution is -1.09. The number of imidazole rings is 2. The summed E-state index contributed by atoms with van der Waals surface area (Å²) in [4.78, 5) is 0. The molecule has 6 heteroatoms. The van der Waals surface area contributed by atoms with Crippen LogP contribution >= 0.6 is 0 Å². The summed E-state index contributed by atoms with van der Waals surface area (Å²) in [5.74, 6) is 0. The second kappa shape index (κ2) is 13.6. The number of nitrogens with zero attached hydrogens (tertiary/aromatic N) is 6.